The summed E-state index contributed by atoms with van der Waals surface area (Å²) in [6.07, 6.45) is 1.38. The molecule has 3 amide bonds. The first kappa shape index (κ1) is 20.8. The third kappa shape index (κ3) is 3.97. The molecule has 0 bridgehead atoms. The van der Waals surface area contributed by atoms with E-state index in [1.165, 1.54) is 0 Å². The third-order valence-corrected chi connectivity index (χ3v) is 5.61. The van der Waals surface area contributed by atoms with Gasteiger partial charge in [-0.05, 0) is 57.7 Å². The molecule has 6 heteroatoms. The summed E-state index contributed by atoms with van der Waals surface area (Å²) in [5.41, 5.74) is 2.28. The molecule has 0 saturated carbocycles. The zero-order valence-corrected chi connectivity index (χ0v) is 17.8. The highest BCUT2D eigenvalue weighted by Crippen LogP contribution is 2.26. The maximum Gasteiger partial charge on any atom is 0.325 e. The van der Waals surface area contributed by atoms with Gasteiger partial charge in [-0.25, -0.2) is 4.79 Å². The minimum atomic E-state index is -0.942. The Morgan fingerprint density at radius 2 is 1.79 bits per heavy atom. The van der Waals surface area contributed by atoms with Gasteiger partial charge in [0.2, 0.25) is 0 Å². The van der Waals surface area contributed by atoms with Gasteiger partial charge in [0.1, 0.15) is 5.54 Å². The molecule has 1 saturated heterocycles. The minimum absolute atomic E-state index is 0.239. The molecule has 1 unspecified atom stereocenters. The first-order valence-corrected chi connectivity index (χ1v) is 10.1. The molecule has 1 N–H and O–H groups in total. The lowest BCUT2D eigenvalue weighted by atomic mass is 9.92. The van der Waals surface area contributed by atoms with Crippen LogP contribution in [0.3, 0.4) is 0 Å². The van der Waals surface area contributed by atoms with Crippen molar-refractivity contribution >= 4 is 17.7 Å². The predicted molar refractivity (Wildman–Crippen MR) is 112 cm³/mol. The van der Waals surface area contributed by atoms with Gasteiger partial charge in [-0.2, -0.15) is 0 Å². The van der Waals surface area contributed by atoms with Gasteiger partial charge in [-0.15, -0.1) is 0 Å². The summed E-state index contributed by atoms with van der Waals surface area (Å²) in [5.74, 6) is -0.138. The normalized spacial score (nSPS) is 19.2. The first-order chi connectivity index (χ1) is 13.6. The molecule has 1 aromatic heterocycles. The van der Waals surface area contributed by atoms with E-state index in [-0.39, 0.29) is 18.2 Å². The molecule has 1 aliphatic rings. The van der Waals surface area contributed by atoms with Crippen LogP contribution in [0.15, 0.2) is 36.4 Å². The van der Waals surface area contributed by atoms with E-state index < -0.39 is 11.6 Å². The number of imide groups is 1. The van der Waals surface area contributed by atoms with Crippen molar-refractivity contribution in [2.45, 2.75) is 53.0 Å². The number of urea groups is 1. The molecule has 2 aromatic rings. The van der Waals surface area contributed by atoms with E-state index in [1.807, 2.05) is 54.8 Å². The molecule has 6 nitrogen and oxygen atoms in total. The Labute approximate surface area is 171 Å². The number of hydrogen-bond donors (Lipinski definition) is 1. The van der Waals surface area contributed by atoms with Crippen molar-refractivity contribution < 1.29 is 14.4 Å². The third-order valence-electron chi connectivity index (χ3n) is 5.61. The highest BCUT2D eigenvalue weighted by Gasteiger charge is 2.48. The lowest BCUT2D eigenvalue weighted by Gasteiger charge is -2.22. The fourth-order valence-corrected chi connectivity index (χ4v) is 3.89. The lowest BCUT2D eigenvalue weighted by Crippen LogP contribution is -2.44. The highest BCUT2D eigenvalue weighted by atomic mass is 16.2. The van der Waals surface area contributed by atoms with E-state index in [9.17, 15) is 14.4 Å². The Morgan fingerprint density at radius 3 is 2.41 bits per heavy atom. The van der Waals surface area contributed by atoms with E-state index in [1.54, 1.807) is 6.92 Å². The van der Waals surface area contributed by atoms with Crippen molar-refractivity contribution in [1.82, 2.24) is 14.8 Å². The van der Waals surface area contributed by atoms with Crippen molar-refractivity contribution in [2.75, 3.05) is 6.54 Å². The van der Waals surface area contributed by atoms with Crippen LogP contribution in [0.4, 0.5) is 4.79 Å². The van der Waals surface area contributed by atoms with Crippen LogP contribution in [0.25, 0.3) is 5.69 Å². The monoisotopic (exact) mass is 395 g/mol. The van der Waals surface area contributed by atoms with Gasteiger partial charge in [0.25, 0.3) is 5.91 Å². The van der Waals surface area contributed by atoms with Crippen molar-refractivity contribution in [2.24, 2.45) is 5.92 Å². The number of para-hydroxylation sites is 1. The van der Waals surface area contributed by atoms with Gasteiger partial charge in [-0.1, -0.05) is 32.0 Å². The summed E-state index contributed by atoms with van der Waals surface area (Å²) in [4.78, 5) is 39.4. The Morgan fingerprint density at radius 1 is 1.14 bits per heavy atom. The quantitative estimate of drug-likeness (QED) is 0.568. The van der Waals surface area contributed by atoms with E-state index in [2.05, 4.69) is 19.2 Å². The van der Waals surface area contributed by atoms with E-state index >= 15 is 0 Å². The van der Waals surface area contributed by atoms with Gasteiger partial charge in [0, 0.05) is 22.6 Å². The molecule has 0 radical (unpaired) electrons. The number of aromatic nitrogens is 1. The molecule has 1 atom stereocenters. The Hall–Kier alpha value is -2.89. The number of amides is 3. The molecular weight excluding hydrogens is 366 g/mol. The minimum Gasteiger partial charge on any atom is -0.323 e. The standard InChI is InChI=1S/C23H29N3O3/c1-15(2)11-12-23(5)21(28)25(22(29)24-23)14-20(27)19-13-16(3)26(17(19)4)18-9-7-6-8-10-18/h6-10,13,15H,11-12,14H2,1-5H3,(H,24,29). The van der Waals surface area contributed by atoms with Crippen LogP contribution in [0.5, 0.6) is 0 Å². The second-order valence-electron chi connectivity index (χ2n) is 8.47. The number of ketones is 1. The zero-order valence-electron chi connectivity index (χ0n) is 17.8. The molecule has 154 valence electrons. The summed E-state index contributed by atoms with van der Waals surface area (Å²) in [7, 11) is 0. The van der Waals surface area contributed by atoms with E-state index in [0.29, 0.717) is 17.9 Å². The number of hydrogen-bond acceptors (Lipinski definition) is 3. The molecular formula is C23H29N3O3. The van der Waals surface area contributed by atoms with Crippen molar-refractivity contribution in [1.29, 1.82) is 0 Å². The molecule has 1 fully saturated rings. The Bertz CT molecular complexity index is 946. The number of Topliss-reactive ketones (excluding diaryl/α,β-unsaturated/α-hetero) is 1. The molecule has 1 aliphatic heterocycles. The number of rotatable bonds is 7. The maximum atomic E-state index is 13.0. The SMILES string of the molecule is Cc1cc(C(=O)CN2C(=O)NC(C)(CCC(C)C)C2=O)c(C)n1-c1ccccc1. The van der Waals surface area contributed by atoms with Gasteiger partial charge < -0.3 is 9.88 Å². The van der Waals surface area contributed by atoms with Crippen LogP contribution in [0.1, 0.15) is 55.4 Å². The fraction of sp³-hybridized carbons (Fsp3) is 0.435. The summed E-state index contributed by atoms with van der Waals surface area (Å²) < 4.78 is 2.01. The van der Waals surface area contributed by atoms with Crippen molar-refractivity contribution in [3.8, 4) is 5.69 Å². The number of nitrogens with one attached hydrogen (secondary N) is 1. The van der Waals surface area contributed by atoms with Crippen LogP contribution in [-0.4, -0.2) is 39.3 Å². The van der Waals surface area contributed by atoms with Crippen LogP contribution < -0.4 is 5.32 Å². The van der Waals surface area contributed by atoms with Gasteiger partial charge in [-0.3, -0.25) is 14.5 Å². The first-order valence-electron chi connectivity index (χ1n) is 10.1. The molecule has 1 aromatic carbocycles. The number of nitrogens with zero attached hydrogens (tertiary/aromatic N) is 2. The summed E-state index contributed by atoms with van der Waals surface area (Å²) in [6, 6.07) is 11.1. The Kier molecular flexibility index (Phi) is 5.64. The molecule has 0 spiro atoms. The average molecular weight is 396 g/mol. The second-order valence-corrected chi connectivity index (χ2v) is 8.47. The highest BCUT2D eigenvalue weighted by molar-refractivity contribution is 6.11. The smallest absolute Gasteiger partial charge is 0.323 e. The van der Waals surface area contributed by atoms with Gasteiger partial charge in [0.15, 0.2) is 5.78 Å². The Balaban J connectivity index is 1.81. The largest absolute Gasteiger partial charge is 0.325 e. The maximum absolute atomic E-state index is 13.0. The number of carbonyl (C=O) groups is 3. The van der Waals surface area contributed by atoms with Crippen molar-refractivity contribution in [3.05, 3.63) is 53.3 Å². The van der Waals surface area contributed by atoms with Crippen LogP contribution in [0.2, 0.25) is 0 Å². The molecule has 2 heterocycles. The zero-order chi connectivity index (χ0) is 21.3. The fourth-order valence-electron chi connectivity index (χ4n) is 3.89. The van der Waals surface area contributed by atoms with Crippen LogP contribution in [0, 0.1) is 19.8 Å². The topological polar surface area (TPSA) is 71.4 Å². The second kappa shape index (κ2) is 7.85. The number of benzene rings is 1. The van der Waals surface area contributed by atoms with Crippen LogP contribution >= 0.6 is 0 Å². The molecule has 3 rings (SSSR count). The van der Waals surface area contributed by atoms with Gasteiger partial charge >= 0.3 is 6.03 Å². The van der Waals surface area contributed by atoms with E-state index in [4.69, 9.17) is 0 Å². The summed E-state index contributed by atoms with van der Waals surface area (Å²) >= 11 is 0. The summed E-state index contributed by atoms with van der Waals surface area (Å²) in [5, 5.41) is 2.78. The molecule has 0 aliphatic carbocycles. The number of carbonyl (C=O) groups excluding carboxylic acids is 3. The lowest BCUT2D eigenvalue weighted by molar-refractivity contribution is -0.130. The van der Waals surface area contributed by atoms with Gasteiger partial charge in [0.05, 0.1) is 6.54 Å². The van der Waals surface area contributed by atoms with E-state index in [0.717, 1.165) is 28.4 Å². The van der Waals surface area contributed by atoms with Crippen LogP contribution in [-0.2, 0) is 4.79 Å². The predicted octanol–water partition coefficient (Wildman–Crippen LogP) is 4.02. The number of aryl methyl sites for hydroxylation is 1. The average Bonchev–Trinajstić information content (AvgIpc) is 3.08. The molecule has 29 heavy (non-hydrogen) atoms. The summed E-state index contributed by atoms with van der Waals surface area (Å²) in [6.45, 7) is 9.46. The van der Waals surface area contributed by atoms with Crippen molar-refractivity contribution in [3.63, 3.8) is 0 Å².